The number of hydrogen-bond donors (Lipinski definition) is 0. The summed E-state index contributed by atoms with van der Waals surface area (Å²) in [7, 11) is 0. The van der Waals surface area contributed by atoms with Gasteiger partial charge in [-0.3, -0.25) is 4.57 Å². The van der Waals surface area contributed by atoms with E-state index >= 15 is 0 Å². The van der Waals surface area contributed by atoms with E-state index in [1.54, 1.807) is 0 Å². The molecule has 32 heavy (non-hydrogen) atoms. The van der Waals surface area contributed by atoms with Crippen LogP contribution in [0.4, 0.5) is 0 Å². The smallest absolute Gasteiger partial charge is 0.122 e. The van der Waals surface area contributed by atoms with Crippen LogP contribution in [0.1, 0.15) is 28.4 Å². The molecule has 0 N–H and O–H groups in total. The molecule has 4 aromatic rings. The van der Waals surface area contributed by atoms with Crippen LogP contribution >= 0.6 is 0 Å². The molecule has 154 valence electrons. The molecule has 1 aliphatic heterocycles. The number of nitrogens with zero attached hydrogens (tertiary/aromatic N) is 2. The number of imidazole rings is 1. The number of hydrogen-bond acceptors (Lipinski definition) is 1. The first-order chi connectivity index (χ1) is 15.8. The van der Waals surface area contributed by atoms with Crippen LogP contribution in [-0.2, 0) is 0 Å². The molecule has 2 nitrogen and oxygen atoms in total. The van der Waals surface area contributed by atoms with E-state index in [2.05, 4.69) is 127 Å². The van der Waals surface area contributed by atoms with E-state index in [9.17, 15) is 0 Å². The lowest BCUT2D eigenvalue weighted by Crippen LogP contribution is -2.25. The average molecular weight is 413 g/mol. The van der Waals surface area contributed by atoms with Gasteiger partial charge in [0, 0.05) is 11.8 Å². The molecule has 2 atom stereocenters. The molecule has 6 rings (SSSR count). The monoisotopic (exact) mass is 412 g/mol. The highest BCUT2D eigenvalue weighted by atomic mass is 15.1. The second kappa shape index (κ2) is 7.65. The van der Waals surface area contributed by atoms with E-state index in [1.807, 2.05) is 0 Å². The van der Waals surface area contributed by atoms with E-state index in [4.69, 9.17) is 4.98 Å². The van der Waals surface area contributed by atoms with E-state index in [0.29, 0.717) is 0 Å². The summed E-state index contributed by atoms with van der Waals surface area (Å²) < 4.78 is 2.38. The fraction of sp³-hybridized carbons (Fsp3) is 0.100. The number of allylic oxidation sites excluding steroid dienone is 6. The molecule has 1 aliphatic carbocycles. The van der Waals surface area contributed by atoms with E-state index < -0.39 is 0 Å². The van der Waals surface area contributed by atoms with Crippen molar-refractivity contribution in [3.8, 4) is 0 Å². The van der Waals surface area contributed by atoms with Gasteiger partial charge in [-0.2, -0.15) is 0 Å². The van der Waals surface area contributed by atoms with Crippen molar-refractivity contribution in [2.24, 2.45) is 5.92 Å². The van der Waals surface area contributed by atoms with E-state index in [1.165, 1.54) is 28.0 Å². The van der Waals surface area contributed by atoms with Crippen molar-refractivity contribution in [1.29, 1.82) is 0 Å². The van der Waals surface area contributed by atoms with Crippen molar-refractivity contribution in [3.05, 3.63) is 137 Å². The van der Waals surface area contributed by atoms with Crippen molar-refractivity contribution < 1.29 is 0 Å². The Bertz CT molecular complexity index is 1410. The van der Waals surface area contributed by atoms with Crippen LogP contribution in [0.2, 0.25) is 0 Å². The van der Waals surface area contributed by atoms with Crippen LogP contribution in [0.25, 0.3) is 22.8 Å². The zero-order chi connectivity index (χ0) is 21.5. The van der Waals surface area contributed by atoms with Crippen molar-refractivity contribution in [2.75, 3.05) is 0 Å². The fourth-order valence-electron chi connectivity index (χ4n) is 4.89. The second-order valence-corrected chi connectivity index (χ2v) is 8.53. The normalized spacial score (nSPS) is 19.5. The Kier molecular flexibility index (Phi) is 4.50. The SMILES string of the molecule is Cc1ccc(/C=C/C2=C(c3ccccc3)n3c(nc4ccccc43)C3C=CC=CC23)cc1. The van der Waals surface area contributed by atoms with Crippen LogP contribution in [0.5, 0.6) is 0 Å². The molecule has 0 fully saturated rings. The Labute approximate surface area is 188 Å². The molecular weight excluding hydrogens is 388 g/mol. The molecule has 0 spiro atoms. The third-order valence-corrected chi connectivity index (χ3v) is 6.46. The zero-order valence-electron chi connectivity index (χ0n) is 18.0. The fourth-order valence-corrected chi connectivity index (χ4v) is 4.89. The molecule has 0 radical (unpaired) electrons. The van der Waals surface area contributed by atoms with Crippen molar-refractivity contribution in [1.82, 2.24) is 9.55 Å². The lowest BCUT2D eigenvalue weighted by molar-refractivity contribution is 0.608. The first kappa shape index (κ1) is 18.8. The van der Waals surface area contributed by atoms with Gasteiger partial charge in [-0.25, -0.2) is 4.98 Å². The summed E-state index contributed by atoms with van der Waals surface area (Å²) in [4.78, 5) is 5.10. The van der Waals surface area contributed by atoms with Gasteiger partial charge in [0.2, 0.25) is 0 Å². The predicted octanol–water partition coefficient (Wildman–Crippen LogP) is 7.16. The van der Waals surface area contributed by atoms with Gasteiger partial charge in [0.15, 0.2) is 0 Å². The maximum atomic E-state index is 5.10. The summed E-state index contributed by atoms with van der Waals surface area (Å²) in [5.74, 6) is 1.59. The molecule has 1 aromatic heterocycles. The minimum Gasteiger partial charge on any atom is -0.295 e. The van der Waals surface area contributed by atoms with Crippen LogP contribution < -0.4 is 0 Å². The lowest BCUT2D eigenvalue weighted by Gasteiger charge is -2.34. The Balaban J connectivity index is 1.64. The highest BCUT2D eigenvalue weighted by Crippen LogP contribution is 2.46. The topological polar surface area (TPSA) is 17.8 Å². The molecule has 0 saturated heterocycles. The van der Waals surface area contributed by atoms with Gasteiger partial charge in [0.25, 0.3) is 0 Å². The molecule has 2 heteroatoms. The molecule has 0 saturated carbocycles. The predicted molar refractivity (Wildman–Crippen MR) is 133 cm³/mol. The summed E-state index contributed by atoms with van der Waals surface area (Å²) in [6, 6.07) is 27.9. The Hall–Kier alpha value is -3.91. The number of para-hydroxylation sites is 2. The summed E-state index contributed by atoms with van der Waals surface area (Å²) >= 11 is 0. The number of rotatable bonds is 3. The number of fused-ring (bicyclic) bond motifs is 5. The summed E-state index contributed by atoms with van der Waals surface area (Å²) in [6.07, 6.45) is 13.5. The molecular formula is C30H24N2. The maximum absolute atomic E-state index is 5.10. The minimum atomic E-state index is 0.220. The quantitative estimate of drug-likeness (QED) is 0.349. The van der Waals surface area contributed by atoms with Crippen LogP contribution in [0.15, 0.2) is 115 Å². The van der Waals surface area contributed by atoms with Crippen molar-refractivity contribution in [2.45, 2.75) is 12.8 Å². The van der Waals surface area contributed by atoms with Gasteiger partial charge in [-0.15, -0.1) is 0 Å². The molecule has 2 heterocycles. The summed E-state index contributed by atoms with van der Waals surface area (Å²) in [5.41, 5.74) is 8.44. The highest BCUT2D eigenvalue weighted by molar-refractivity contribution is 5.87. The average Bonchev–Trinajstić information content (AvgIpc) is 3.23. The number of aryl methyl sites for hydroxylation is 1. The third kappa shape index (κ3) is 3.07. The second-order valence-electron chi connectivity index (χ2n) is 8.53. The van der Waals surface area contributed by atoms with Gasteiger partial charge in [0.05, 0.1) is 16.7 Å². The van der Waals surface area contributed by atoms with Crippen molar-refractivity contribution >= 4 is 22.8 Å². The van der Waals surface area contributed by atoms with Gasteiger partial charge in [-0.1, -0.05) is 109 Å². The highest BCUT2D eigenvalue weighted by Gasteiger charge is 2.35. The van der Waals surface area contributed by atoms with Crippen molar-refractivity contribution in [3.63, 3.8) is 0 Å². The first-order valence-electron chi connectivity index (χ1n) is 11.2. The molecule has 0 amide bonds. The van der Waals surface area contributed by atoms with Crippen LogP contribution in [-0.4, -0.2) is 9.55 Å². The molecule has 0 bridgehead atoms. The summed E-state index contributed by atoms with van der Waals surface area (Å²) in [5, 5.41) is 0. The Morgan fingerprint density at radius 1 is 0.750 bits per heavy atom. The van der Waals surface area contributed by atoms with Gasteiger partial charge in [0.1, 0.15) is 5.82 Å². The van der Waals surface area contributed by atoms with E-state index in [-0.39, 0.29) is 11.8 Å². The zero-order valence-corrected chi connectivity index (χ0v) is 18.0. The summed E-state index contributed by atoms with van der Waals surface area (Å²) in [6.45, 7) is 2.13. The Morgan fingerprint density at radius 3 is 2.28 bits per heavy atom. The first-order valence-corrected chi connectivity index (χ1v) is 11.2. The standard InChI is InChI=1S/C30H24N2/c1-21-15-17-22(18-16-21)19-20-25-24-11-5-6-12-26(24)30-31-27-13-7-8-14-28(27)32(30)29(25)23-9-3-2-4-10-23/h2-20,24,26H,1H3/b20-19+. The number of aromatic nitrogens is 2. The number of benzene rings is 3. The van der Waals surface area contributed by atoms with Crippen LogP contribution in [0.3, 0.4) is 0 Å². The van der Waals surface area contributed by atoms with Gasteiger partial charge in [-0.05, 0) is 35.8 Å². The molecule has 2 aliphatic rings. The minimum absolute atomic E-state index is 0.220. The maximum Gasteiger partial charge on any atom is 0.122 e. The van der Waals surface area contributed by atoms with Gasteiger partial charge >= 0.3 is 0 Å². The van der Waals surface area contributed by atoms with E-state index in [0.717, 1.165) is 16.9 Å². The van der Waals surface area contributed by atoms with Crippen LogP contribution in [0, 0.1) is 12.8 Å². The third-order valence-electron chi connectivity index (χ3n) is 6.46. The molecule has 3 aromatic carbocycles. The largest absolute Gasteiger partial charge is 0.295 e. The lowest BCUT2D eigenvalue weighted by atomic mass is 9.77. The van der Waals surface area contributed by atoms with Gasteiger partial charge < -0.3 is 0 Å². The Morgan fingerprint density at radius 2 is 1.47 bits per heavy atom. The molecule has 2 unspecified atom stereocenters.